The third-order valence-electron chi connectivity index (χ3n) is 3.47. The predicted molar refractivity (Wildman–Crippen MR) is 68.2 cm³/mol. The lowest BCUT2D eigenvalue weighted by Gasteiger charge is -2.20. The second kappa shape index (κ2) is 3.81. The van der Waals surface area contributed by atoms with Gasteiger partial charge in [0.05, 0.1) is 0 Å². The molecule has 0 amide bonds. The molecular weight excluding hydrogens is 269 g/mol. The van der Waals surface area contributed by atoms with Crippen LogP contribution < -0.4 is 5.73 Å². The molecule has 16 heavy (non-hydrogen) atoms. The zero-order valence-electron chi connectivity index (χ0n) is 9.69. The summed E-state index contributed by atoms with van der Waals surface area (Å²) in [5.74, 6) is 0. The molecule has 0 aromatic heterocycles. The van der Waals surface area contributed by atoms with Crippen molar-refractivity contribution in [2.45, 2.75) is 37.8 Å². The third-order valence-corrected chi connectivity index (χ3v) is 4.12. The predicted octanol–water partition coefficient (Wildman–Crippen LogP) is 3.64. The summed E-state index contributed by atoms with van der Waals surface area (Å²) in [4.78, 5) is 0. The standard InChI is InChI=1S/C13H17BrFN/c1-12(2,15)10-4-3-9(7-11(10)14)13(8-16)5-6-13/h3-4,7H,5-6,8,16H2,1-2H3. The lowest BCUT2D eigenvalue weighted by atomic mass is 9.92. The summed E-state index contributed by atoms with van der Waals surface area (Å²) in [6.07, 6.45) is 2.29. The van der Waals surface area contributed by atoms with Gasteiger partial charge in [-0.2, -0.15) is 0 Å². The van der Waals surface area contributed by atoms with Crippen molar-refractivity contribution in [3.8, 4) is 0 Å². The Balaban J connectivity index is 2.37. The minimum Gasteiger partial charge on any atom is -0.330 e. The quantitative estimate of drug-likeness (QED) is 0.902. The highest BCUT2D eigenvalue weighted by atomic mass is 79.9. The van der Waals surface area contributed by atoms with Crippen LogP contribution in [0.1, 0.15) is 37.8 Å². The summed E-state index contributed by atoms with van der Waals surface area (Å²) in [5, 5.41) is 0. The first-order valence-electron chi connectivity index (χ1n) is 5.58. The Labute approximate surface area is 104 Å². The second-order valence-electron chi connectivity index (χ2n) is 5.15. The molecule has 0 heterocycles. The van der Waals surface area contributed by atoms with Gasteiger partial charge in [-0.25, -0.2) is 4.39 Å². The Hall–Kier alpha value is -0.410. The van der Waals surface area contributed by atoms with E-state index in [1.807, 2.05) is 18.2 Å². The second-order valence-corrected chi connectivity index (χ2v) is 6.01. The highest BCUT2D eigenvalue weighted by Gasteiger charge is 2.43. The zero-order chi connectivity index (χ0) is 12.0. The Kier molecular flexibility index (Phi) is 2.87. The van der Waals surface area contributed by atoms with Crippen LogP contribution in [0.3, 0.4) is 0 Å². The molecule has 0 radical (unpaired) electrons. The molecule has 1 saturated carbocycles. The number of nitrogens with two attached hydrogens (primary N) is 1. The third kappa shape index (κ3) is 2.03. The van der Waals surface area contributed by atoms with E-state index in [-0.39, 0.29) is 5.41 Å². The van der Waals surface area contributed by atoms with Crippen molar-refractivity contribution >= 4 is 15.9 Å². The smallest absolute Gasteiger partial charge is 0.131 e. The minimum atomic E-state index is -1.31. The van der Waals surface area contributed by atoms with Gasteiger partial charge in [-0.05, 0) is 38.3 Å². The Morgan fingerprint density at radius 3 is 2.44 bits per heavy atom. The van der Waals surface area contributed by atoms with E-state index in [4.69, 9.17) is 5.73 Å². The molecule has 0 saturated heterocycles. The average molecular weight is 286 g/mol. The molecule has 1 aromatic carbocycles. The van der Waals surface area contributed by atoms with E-state index < -0.39 is 5.67 Å². The Bertz CT molecular complexity index is 405. The molecule has 0 spiro atoms. The molecule has 1 fully saturated rings. The summed E-state index contributed by atoms with van der Waals surface area (Å²) in [5.41, 5.74) is 6.57. The lowest BCUT2D eigenvalue weighted by molar-refractivity contribution is 0.220. The molecule has 0 unspecified atom stereocenters. The molecule has 1 aliphatic rings. The van der Waals surface area contributed by atoms with Gasteiger partial charge in [0, 0.05) is 22.0 Å². The molecule has 2 rings (SSSR count). The zero-order valence-corrected chi connectivity index (χ0v) is 11.3. The fraction of sp³-hybridized carbons (Fsp3) is 0.538. The molecule has 1 aliphatic carbocycles. The first-order chi connectivity index (χ1) is 7.39. The van der Waals surface area contributed by atoms with Crippen molar-refractivity contribution in [1.29, 1.82) is 0 Å². The summed E-state index contributed by atoms with van der Waals surface area (Å²) in [7, 11) is 0. The summed E-state index contributed by atoms with van der Waals surface area (Å²) in [6.45, 7) is 3.82. The summed E-state index contributed by atoms with van der Waals surface area (Å²) >= 11 is 3.45. The van der Waals surface area contributed by atoms with Crippen molar-refractivity contribution in [1.82, 2.24) is 0 Å². The van der Waals surface area contributed by atoms with E-state index in [0.717, 1.165) is 17.3 Å². The van der Waals surface area contributed by atoms with Crippen LogP contribution in [0.5, 0.6) is 0 Å². The van der Waals surface area contributed by atoms with Gasteiger partial charge in [0.25, 0.3) is 0 Å². The topological polar surface area (TPSA) is 26.0 Å². The van der Waals surface area contributed by atoms with Gasteiger partial charge >= 0.3 is 0 Å². The average Bonchev–Trinajstić information content (AvgIpc) is 2.96. The molecule has 1 nitrogen and oxygen atoms in total. The number of hydrogen-bond acceptors (Lipinski definition) is 1. The molecule has 88 valence electrons. The molecule has 1 aromatic rings. The van der Waals surface area contributed by atoms with E-state index in [9.17, 15) is 4.39 Å². The monoisotopic (exact) mass is 285 g/mol. The van der Waals surface area contributed by atoms with Gasteiger partial charge in [-0.3, -0.25) is 0 Å². The van der Waals surface area contributed by atoms with Crippen LogP contribution >= 0.6 is 15.9 Å². The maximum atomic E-state index is 13.9. The highest BCUT2D eigenvalue weighted by Crippen LogP contribution is 2.48. The van der Waals surface area contributed by atoms with Gasteiger partial charge in [-0.15, -0.1) is 0 Å². The van der Waals surface area contributed by atoms with Gasteiger partial charge in [0.1, 0.15) is 5.67 Å². The van der Waals surface area contributed by atoms with Crippen LogP contribution in [-0.4, -0.2) is 6.54 Å². The van der Waals surface area contributed by atoms with E-state index in [2.05, 4.69) is 15.9 Å². The number of rotatable bonds is 3. The van der Waals surface area contributed by atoms with Crippen LogP contribution in [-0.2, 0) is 11.1 Å². The highest BCUT2D eigenvalue weighted by molar-refractivity contribution is 9.10. The van der Waals surface area contributed by atoms with Crippen molar-refractivity contribution < 1.29 is 4.39 Å². The fourth-order valence-corrected chi connectivity index (χ4v) is 2.94. The van der Waals surface area contributed by atoms with Crippen LogP contribution in [0.25, 0.3) is 0 Å². The van der Waals surface area contributed by atoms with Gasteiger partial charge in [0.2, 0.25) is 0 Å². The molecule has 0 atom stereocenters. The van der Waals surface area contributed by atoms with Gasteiger partial charge < -0.3 is 5.73 Å². The molecular formula is C13H17BrFN. The van der Waals surface area contributed by atoms with Gasteiger partial charge in [-0.1, -0.05) is 28.1 Å². The van der Waals surface area contributed by atoms with E-state index in [0.29, 0.717) is 12.1 Å². The van der Waals surface area contributed by atoms with Crippen LogP contribution in [0, 0.1) is 0 Å². The van der Waals surface area contributed by atoms with Crippen molar-refractivity contribution in [3.05, 3.63) is 33.8 Å². The first-order valence-corrected chi connectivity index (χ1v) is 6.38. The molecule has 2 N–H and O–H groups in total. The number of benzene rings is 1. The van der Waals surface area contributed by atoms with Gasteiger partial charge in [0.15, 0.2) is 0 Å². The summed E-state index contributed by atoms with van der Waals surface area (Å²) in [6, 6.07) is 5.91. The number of hydrogen-bond donors (Lipinski definition) is 1. The number of alkyl halides is 1. The first kappa shape index (κ1) is 12.1. The minimum absolute atomic E-state index is 0.168. The van der Waals surface area contributed by atoms with Crippen LogP contribution in [0.2, 0.25) is 0 Å². The van der Waals surface area contributed by atoms with E-state index in [1.165, 1.54) is 5.56 Å². The van der Waals surface area contributed by atoms with E-state index in [1.54, 1.807) is 13.8 Å². The normalized spacial score (nSPS) is 18.6. The summed E-state index contributed by atoms with van der Waals surface area (Å²) < 4.78 is 14.7. The maximum Gasteiger partial charge on any atom is 0.131 e. The van der Waals surface area contributed by atoms with Crippen molar-refractivity contribution in [2.24, 2.45) is 5.73 Å². The molecule has 3 heteroatoms. The SMILES string of the molecule is CC(C)(F)c1ccc(C2(CN)CC2)cc1Br. The maximum absolute atomic E-state index is 13.9. The number of halogens is 2. The lowest BCUT2D eigenvalue weighted by Crippen LogP contribution is -2.20. The Morgan fingerprint density at radius 2 is 2.06 bits per heavy atom. The van der Waals surface area contributed by atoms with Crippen LogP contribution in [0.4, 0.5) is 4.39 Å². The largest absolute Gasteiger partial charge is 0.330 e. The van der Waals surface area contributed by atoms with Crippen LogP contribution in [0.15, 0.2) is 22.7 Å². The van der Waals surface area contributed by atoms with Crippen molar-refractivity contribution in [3.63, 3.8) is 0 Å². The molecule has 0 bridgehead atoms. The molecule has 0 aliphatic heterocycles. The Morgan fingerprint density at radius 1 is 1.44 bits per heavy atom. The van der Waals surface area contributed by atoms with Crippen molar-refractivity contribution in [2.75, 3.05) is 6.54 Å². The fourth-order valence-electron chi connectivity index (χ4n) is 2.09. The van der Waals surface area contributed by atoms with E-state index >= 15 is 0 Å².